The molecule has 1 unspecified atom stereocenters. The lowest BCUT2D eigenvalue weighted by Crippen LogP contribution is -2.58. The summed E-state index contributed by atoms with van der Waals surface area (Å²) < 4.78 is 0. The van der Waals surface area contributed by atoms with E-state index in [1.807, 2.05) is 0 Å². The first kappa shape index (κ1) is 16.5. The van der Waals surface area contributed by atoms with Crippen molar-refractivity contribution in [1.29, 1.82) is 0 Å². The van der Waals surface area contributed by atoms with Gasteiger partial charge in [0.2, 0.25) is 0 Å². The van der Waals surface area contributed by atoms with Gasteiger partial charge in [-0.3, -0.25) is 4.90 Å². The highest BCUT2D eigenvalue weighted by Gasteiger charge is 2.36. The van der Waals surface area contributed by atoms with Crippen molar-refractivity contribution >= 4 is 0 Å². The molecule has 118 valence electrons. The summed E-state index contributed by atoms with van der Waals surface area (Å²) in [6.07, 6.45) is 5.02. The average molecular weight is 288 g/mol. The maximum absolute atomic E-state index is 3.81. The molecule has 2 rings (SSSR count). The smallest absolute Gasteiger partial charge is 0.0309 e. The van der Waals surface area contributed by atoms with Gasteiger partial charge in [0, 0.05) is 11.6 Å². The number of nitrogens with one attached hydrogen (secondary N) is 1. The van der Waals surface area contributed by atoms with Gasteiger partial charge in [-0.2, -0.15) is 0 Å². The van der Waals surface area contributed by atoms with E-state index in [2.05, 4.69) is 62.2 Å². The van der Waals surface area contributed by atoms with Crippen LogP contribution in [0.15, 0.2) is 24.3 Å². The quantitative estimate of drug-likeness (QED) is 0.821. The Hall–Kier alpha value is -0.860. The number of nitrogens with zero attached hydrogens (tertiary/aromatic N) is 1. The fourth-order valence-corrected chi connectivity index (χ4v) is 3.36. The maximum Gasteiger partial charge on any atom is 0.0309 e. The standard InChI is InChI=1S/C19H32N2/c1-5-12-20-18(15-17-10-8-16(2)9-11-17)19(3,4)21-13-6-7-14-21/h8-11,18,20H,5-7,12-15H2,1-4H3. The first-order valence-electron chi connectivity index (χ1n) is 8.58. The van der Waals surface area contributed by atoms with Gasteiger partial charge in [-0.15, -0.1) is 0 Å². The molecular weight excluding hydrogens is 256 g/mol. The number of rotatable bonds is 7. The average Bonchev–Trinajstić information content (AvgIpc) is 3.00. The first-order chi connectivity index (χ1) is 10.0. The Bertz CT molecular complexity index is 416. The molecular formula is C19H32N2. The molecule has 0 aromatic heterocycles. The summed E-state index contributed by atoms with van der Waals surface area (Å²) in [6, 6.07) is 9.55. The van der Waals surface area contributed by atoms with Crippen LogP contribution in [0.4, 0.5) is 0 Å². The predicted molar refractivity (Wildman–Crippen MR) is 91.9 cm³/mol. The zero-order valence-corrected chi connectivity index (χ0v) is 14.3. The molecule has 21 heavy (non-hydrogen) atoms. The van der Waals surface area contributed by atoms with Crippen LogP contribution in [-0.2, 0) is 6.42 Å². The summed E-state index contributed by atoms with van der Waals surface area (Å²) in [5.41, 5.74) is 3.01. The molecule has 1 aromatic rings. The van der Waals surface area contributed by atoms with E-state index in [4.69, 9.17) is 0 Å². The summed E-state index contributed by atoms with van der Waals surface area (Å²) in [7, 11) is 0. The van der Waals surface area contributed by atoms with Gasteiger partial charge in [0.25, 0.3) is 0 Å². The molecule has 0 saturated carbocycles. The van der Waals surface area contributed by atoms with Gasteiger partial charge in [-0.05, 0) is 71.7 Å². The van der Waals surface area contributed by atoms with Gasteiger partial charge in [0.05, 0.1) is 0 Å². The lowest BCUT2D eigenvalue weighted by molar-refractivity contribution is 0.106. The van der Waals surface area contributed by atoms with Crippen LogP contribution in [0.25, 0.3) is 0 Å². The van der Waals surface area contributed by atoms with Gasteiger partial charge in [0.1, 0.15) is 0 Å². The minimum absolute atomic E-state index is 0.219. The highest BCUT2D eigenvalue weighted by atomic mass is 15.2. The summed E-state index contributed by atoms with van der Waals surface area (Å²) >= 11 is 0. The monoisotopic (exact) mass is 288 g/mol. The van der Waals surface area contributed by atoms with Crippen LogP contribution >= 0.6 is 0 Å². The van der Waals surface area contributed by atoms with Crippen molar-refractivity contribution < 1.29 is 0 Å². The van der Waals surface area contributed by atoms with Crippen molar-refractivity contribution in [3.63, 3.8) is 0 Å². The van der Waals surface area contributed by atoms with E-state index in [-0.39, 0.29) is 5.54 Å². The van der Waals surface area contributed by atoms with Crippen molar-refractivity contribution in [3.05, 3.63) is 35.4 Å². The molecule has 1 aromatic carbocycles. The molecule has 1 fully saturated rings. The second-order valence-corrected chi connectivity index (χ2v) is 7.04. The minimum atomic E-state index is 0.219. The molecule has 0 bridgehead atoms. The highest BCUT2D eigenvalue weighted by molar-refractivity contribution is 5.23. The fraction of sp³-hybridized carbons (Fsp3) is 0.684. The van der Waals surface area contributed by atoms with Crippen molar-refractivity contribution in [1.82, 2.24) is 10.2 Å². The van der Waals surface area contributed by atoms with E-state index in [1.165, 1.54) is 43.5 Å². The number of hydrogen-bond acceptors (Lipinski definition) is 2. The first-order valence-corrected chi connectivity index (χ1v) is 8.58. The van der Waals surface area contributed by atoms with E-state index in [1.54, 1.807) is 0 Å². The van der Waals surface area contributed by atoms with Crippen LogP contribution in [0.5, 0.6) is 0 Å². The van der Waals surface area contributed by atoms with Gasteiger partial charge in [-0.1, -0.05) is 36.8 Å². The van der Waals surface area contributed by atoms with Crippen LogP contribution in [-0.4, -0.2) is 36.1 Å². The number of hydrogen-bond donors (Lipinski definition) is 1. The Morgan fingerprint density at radius 2 is 1.76 bits per heavy atom. The van der Waals surface area contributed by atoms with Crippen LogP contribution < -0.4 is 5.32 Å². The van der Waals surface area contributed by atoms with Gasteiger partial charge < -0.3 is 5.32 Å². The maximum atomic E-state index is 3.81. The molecule has 1 aliphatic heterocycles. The van der Waals surface area contributed by atoms with E-state index < -0.39 is 0 Å². The Morgan fingerprint density at radius 3 is 2.33 bits per heavy atom. The zero-order valence-electron chi connectivity index (χ0n) is 14.3. The summed E-state index contributed by atoms with van der Waals surface area (Å²) in [5.74, 6) is 0. The molecule has 0 amide bonds. The Morgan fingerprint density at radius 1 is 1.14 bits per heavy atom. The van der Waals surface area contributed by atoms with Gasteiger partial charge >= 0.3 is 0 Å². The Balaban J connectivity index is 2.10. The predicted octanol–water partition coefficient (Wildman–Crippen LogP) is 3.78. The summed E-state index contributed by atoms with van der Waals surface area (Å²) in [4.78, 5) is 2.68. The van der Waals surface area contributed by atoms with Gasteiger partial charge in [-0.25, -0.2) is 0 Å². The third-order valence-electron chi connectivity index (χ3n) is 4.98. The third-order valence-corrected chi connectivity index (χ3v) is 4.98. The van der Waals surface area contributed by atoms with Crippen LogP contribution in [0.2, 0.25) is 0 Å². The minimum Gasteiger partial charge on any atom is -0.312 e. The molecule has 0 aliphatic carbocycles. The molecule has 1 heterocycles. The van der Waals surface area contributed by atoms with Crippen molar-refractivity contribution in [3.8, 4) is 0 Å². The fourth-order valence-electron chi connectivity index (χ4n) is 3.36. The number of benzene rings is 1. The SMILES string of the molecule is CCCNC(Cc1ccc(C)cc1)C(C)(C)N1CCCC1. The second kappa shape index (κ2) is 7.42. The molecule has 1 N–H and O–H groups in total. The molecule has 1 aliphatic rings. The van der Waals surface area contributed by atoms with E-state index in [0.29, 0.717) is 6.04 Å². The van der Waals surface area contributed by atoms with Crippen LogP contribution in [0.3, 0.4) is 0 Å². The normalized spacial score (nSPS) is 18.1. The summed E-state index contributed by atoms with van der Waals surface area (Å²) in [6.45, 7) is 12.9. The molecule has 1 atom stereocenters. The van der Waals surface area contributed by atoms with E-state index in [9.17, 15) is 0 Å². The van der Waals surface area contributed by atoms with Crippen molar-refractivity contribution in [2.24, 2.45) is 0 Å². The van der Waals surface area contributed by atoms with Crippen LogP contribution in [0, 0.1) is 6.92 Å². The molecule has 1 saturated heterocycles. The lowest BCUT2D eigenvalue weighted by atomic mass is 9.87. The molecule has 2 nitrogen and oxygen atoms in total. The molecule has 0 radical (unpaired) electrons. The Labute approximate surface area is 130 Å². The van der Waals surface area contributed by atoms with Gasteiger partial charge in [0.15, 0.2) is 0 Å². The number of likely N-dealkylation sites (tertiary alicyclic amines) is 1. The van der Waals surface area contributed by atoms with E-state index in [0.717, 1.165) is 13.0 Å². The van der Waals surface area contributed by atoms with Crippen LogP contribution in [0.1, 0.15) is 51.2 Å². The largest absolute Gasteiger partial charge is 0.312 e. The molecule has 2 heteroatoms. The topological polar surface area (TPSA) is 15.3 Å². The number of aryl methyl sites for hydroxylation is 1. The Kier molecular flexibility index (Phi) is 5.83. The third kappa shape index (κ3) is 4.31. The van der Waals surface area contributed by atoms with Crippen molar-refractivity contribution in [2.45, 2.75) is 65.0 Å². The van der Waals surface area contributed by atoms with Crippen molar-refractivity contribution in [2.75, 3.05) is 19.6 Å². The summed E-state index contributed by atoms with van der Waals surface area (Å²) in [5, 5.41) is 3.81. The second-order valence-electron chi connectivity index (χ2n) is 7.04. The zero-order chi connectivity index (χ0) is 15.3. The lowest BCUT2D eigenvalue weighted by Gasteiger charge is -2.43. The van der Waals surface area contributed by atoms with E-state index >= 15 is 0 Å². The molecule has 0 spiro atoms. The highest BCUT2D eigenvalue weighted by Crippen LogP contribution is 2.26.